The number of benzene rings is 2. The summed E-state index contributed by atoms with van der Waals surface area (Å²) in [7, 11) is 1.41. The number of nitrogens with two attached hydrogens (primary N) is 1. The molecule has 0 bridgehead atoms. The van der Waals surface area contributed by atoms with E-state index in [0.717, 1.165) is 18.2 Å². The fourth-order valence-electron chi connectivity index (χ4n) is 3.65. The molecular formula is C22H22F3NO5. The number of hydrogen-bond acceptors (Lipinski definition) is 4. The van der Waals surface area contributed by atoms with E-state index in [1.165, 1.54) is 37.4 Å². The molecule has 2 rings (SSSR count). The summed E-state index contributed by atoms with van der Waals surface area (Å²) in [6, 6.07) is 9.03. The highest BCUT2D eigenvalue weighted by atomic mass is 19.4. The minimum absolute atomic E-state index is 0.211. The van der Waals surface area contributed by atoms with Crippen LogP contribution in [0.3, 0.4) is 0 Å². The summed E-state index contributed by atoms with van der Waals surface area (Å²) >= 11 is 0. The highest BCUT2D eigenvalue weighted by molar-refractivity contribution is 5.99. The SMILES string of the molecule is C=CCC(C(=O)O)(C(=O)O)C(Cc1c(N)cccc1C(F)(F)F)c1ccc(OC)cc1. The summed E-state index contributed by atoms with van der Waals surface area (Å²) in [5, 5.41) is 19.9. The molecule has 0 heterocycles. The van der Waals surface area contributed by atoms with Gasteiger partial charge in [-0.25, -0.2) is 0 Å². The fourth-order valence-corrected chi connectivity index (χ4v) is 3.65. The van der Waals surface area contributed by atoms with Crippen molar-refractivity contribution in [2.75, 3.05) is 12.8 Å². The Morgan fingerprint density at radius 1 is 1.13 bits per heavy atom. The first-order valence-electron chi connectivity index (χ1n) is 9.15. The van der Waals surface area contributed by atoms with E-state index in [1.807, 2.05) is 0 Å². The van der Waals surface area contributed by atoms with Crippen LogP contribution in [0.4, 0.5) is 18.9 Å². The number of carbonyl (C=O) groups is 2. The number of allylic oxidation sites excluding steroid dienone is 1. The molecule has 0 saturated heterocycles. The molecule has 0 amide bonds. The predicted molar refractivity (Wildman–Crippen MR) is 108 cm³/mol. The number of alkyl halides is 3. The second-order valence-electron chi connectivity index (χ2n) is 6.98. The zero-order valence-electron chi connectivity index (χ0n) is 16.6. The summed E-state index contributed by atoms with van der Waals surface area (Å²) in [6.07, 6.45) is -4.72. The van der Waals surface area contributed by atoms with Crippen molar-refractivity contribution in [1.82, 2.24) is 0 Å². The van der Waals surface area contributed by atoms with E-state index in [2.05, 4.69) is 6.58 Å². The van der Waals surface area contributed by atoms with Crippen LogP contribution in [0, 0.1) is 5.41 Å². The lowest BCUT2D eigenvalue weighted by Crippen LogP contribution is -2.45. The van der Waals surface area contributed by atoms with E-state index >= 15 is 0 Å². The van der Waals surface area contributed by atoms with Gasteiger partial charge in [0.05, 0.1) is 12.7 Å². The number of carboxylic acid groups (broad SMARTS) is 2. The van der Waals surface area contributed by atoms with Crippen LogP contribution in [0.2, 0.25) is 0 Å². The van der Waals surface area contributed by atoms with Gasteiger partial charge < -0.3 is 20.7 Å². The zero-order valence-corrected chi connectivity index (χ0v) is 16.6. The Kier molecular flexibility index (Phi) is 6.99. The standard InChI is InChI=1S/C22H22F3NO5/c1-3-11-21(19(27)28,20(29)30)17(13-7-9-14(31-2)10-8-13)12-15-16(22(23,24)25)5-4-6-18(15)26/h3-10,17H,1,11-12,26H2,2H3,(H,27,28)(H,29,30). The molecule has 31 heavy (non-hydrogen) atoms. The number of aliphatic carboxylic acids is 2. The second kappa shape index (κ2) is 9.11. The largest absolute Gasteiger partial charge is 0.497 e. The molecule has 2 aromatic carbocycles. The molecule has 0 aromatic heterocycles. The highest BCUT2D eigenvalue weighted by Crippen LogP contribution is 2.46. The molecule has 0 radical (unpaired) electrons. The molecule has 2 aromatic rings. The Balaban J connectivity index is 2.79. The predicted octanol–water partition coefficient (Wildman–Crippen LogP) is 4.35. The molecule has 9 heteroatoms. The van der Waals surface area contributed by atoms with Gasteiger partial charge in [-0.15, -0.1) is 6.58 Å². The topological polar surface area (TPSA) is 110 Å². The van der Waals surface area contributed by atoms with Gasteiger partial charge in [0.25, 0.3) is 0 Å². The summed E-state index contributed by atoms with van der Waals surface area (Å²) in [5.41, 5.74) is 1.94. The van der Waals surface area contributed by atoms with Crippen molar-refractivity contribution < 1.29 is 37.7 Å². The Morgan fingerprint density at radius 2 is 1.71 bits per heavy atom. The van der Waals surface area contributed by atoms with E-state index < -0.39 is 47.9 Å². The molecule has 0 spiro atoms. The summed E-state index contributed by atoms with van der Waals surface area (Å²) < 4.78 is 45.9. The number of nitrogen functional groups attached to an aromatic ring is 1. The van der Waals surface area contributed by atoms with Crippen molar-refractivity contribution in [2.24, 2.45) is 5.41 Å². The van der Waals surface area contributed by atoms with Crippen molar-refractivity contribution in [1.29, 1.82) is 0 Å². The van der Waals surface area contributed by atoms with Crippen molar-refractivity contribution in [3.05, 3.63) is 71.8 Å². The lowest BCUT2D eigenvalue weighted by Gasteiger charge is -2.34. The van der Waals surface area contributed by atoms with E-state index in [0.29, 0.717) is 5.75 Å². The maximum Gasteiger partial charge on any atom is 0.416 e. The molecule has 1 unspecified atom stereocenters. The molecule has 0 saturated carbocycles. The number of halogens is 3. The molecule has 0 aliphatic carbocycles. The summed E-state index contributed by atoms with van der Waals surface area (Å²) in [5.74, 6) is -4.36. The Labute approximate surface area is 176 Å². The van der Waals surface area contributed by atoms with Gasteiger partial charge in [-0.1, -0.05) is 24.3 Å². The Hall–Kier alpha value is -3.49. The number of anilines is 1. The fraction of sp³-hybridized carbons (Fsp3) is 0.273. The van der Waals surface area contributed by atoms with E-state index in [9.17, 15) is 33.0 Å². The van der Waals surface area contributed by atoms with Gasteiger partial charge in [0.2, 0.25) is 0 Å². The Morgan fingerprint density at radius 3 is 2.16 bits per heavy atom. The minimum Gasteiger partial charge on any atom is -0.497 e. The van der Waals surface area contributed by atoms with Crippen molar-refractivity contribution in [3.8, 4) is 5.75 Å². The number of methoxy groups -OCH3 is 1. The molecule has 1 atom stereocenters. The summed E-state index contributed by atoms with van der Waals surface area (Å²) in [6.45, 7) is 3.44. The maximum atomic E-state index is 13.6. The van der Waals surface area contributed by atoms with Gasteiger partial charge >= 0.3 is 18.1 Å². The monoisotopic (exact) mass is 437 g/mol. The van der Waals surface area contributed by atoms with Gasteiger partial charge in [-0.2, -0.15) is 13.2 Å². The molecule has 166 valence electrons. The van der Waals surface area contributed by atoms with E-state index in [-0.39, 0.29) is 16.8 Å². The quantitative estimate of drug-likeness (QED) is 0.306. The van der Waals surface area contributed by atoms with Crippen LogP contribution >= 0.6 is 0 Å². The van der Waals surface area contributed by atoms with Crippen LogP contribution in [0.25, 0.3) is 0 Å². The van der Waals surface area contributed by atoms with Gasteiger partial charge in [0, 0.05) is 11.6 Å². The van der Waals surface area contributed by atoms with Crippen LogP contribution in [0.1, 0.15) is 29.0 Å². The molecule has 4 N–H and O–H groups in total. The highest BCUT2D eigenvalue weighted by Gasteiger charge is 2.53. The third kappa shape index (κ3) is 4.65. The van der Waals surface area contributed by atoms with Crippen LogP contribution in [-0.2, 0) is 22.2 Å². The third-order valence-electron chi connectivity index (χ3n) is 5.27. The van der Waals surface area contributed by atoms with Crippen molar-refractivity contribution in [3.63, 3.8) is 0 Å². The number of hydrogen-bond donors (Lipinski definition) is 3. The molecule has 0 fully saturated rings. The van der Waals surface area contributed by atoms with Gasteiger partial charge in [0.1, 0.15) is 5.75 Å². The number of ether oxygens (including phenoxy) is 1. The Bertz CT molecular complexity index is 956. The molecule has 0 aliphatic rings. The van der Waals surface area contributed by atoms with Gasteiger partial charge in [0.15, 0.2) is 5.41 Å². The molecule has 0 aliphatic heterocycles. The minimum atomic E-state index is -4.76. The lowest BCUT2D eigenvalue weighted by molar-refractivity contribution is -0.166. The van der Waals surface area contributed by atoms with E-state index in [4.69, 9.17) is 10.5 Å². The number of rotatable bonds is 9. The van der Waals surface area contributed by atoms with Crippen LogP contribution in [0.15, 0.2) is 55.1 Å². The first-order chi connectivity index (χ1) is 14.5. The zero-order chi connectivity index (χ0) is 23.4. The van der Waals surface area contributed by atoms with Gasteiger partial charge in [-0.05, 0) is 48.2 Å². The normalized spacial score (nSPS) is 12.8. The second-order valence-corrected chi connectivity index (χ2v) is 6.98. The van der Waals surface area contributed by atoms with Crippen LogP contribution < -0.4 is 10.5 Å². The van der Waals surface area contributed by atoms with Crippen molar-refractivity contribution >= 4 is 17.6 Å². The smallest absolute Gasteiger partial charge is 0.416 e. The average molecular weight is 437 g/mol. The summed E-state index contributed by atoms with van der Waals surface area (Å²) in [4.78, 5) is 24.5. The van der Waals surface area contributed by atoms with E-state index in [1.54, 1.807) is 0 Å². The van der Waals surface area contributed by atoms with Crippen LogP contribution in [0.5, 0.6) is 5.75 Å². The lowest BCUT2D eigenvalue weighted by atomic mass is 9.67. The first-order valence-corrected chi connectivity index (χ1v) is 9.15. The van der Waals surface area contributed by atoms with Gasteiger partial charge in [-0.3, -0.25) is 9.59 Å². The van der Waals surface area contributed by atoms with Crippen molar-refractivity contribution in [2.45, 2.75) is 24.9 Å². The maximum absolute atomic E-state index is 13.6. The van der Waals surface area contributed by atoms with Crippen LogP contribution in [-0.4, -0.2) is 29.3 Å². The average Bonchev–Trinajstić information content (AvgIpc) is 2.70. The molecule has 6 nitrogen and oxygen atoms in total. The first kappa shape index (κ1) is 23.8. The number of carboxylic acids is 2. The molecular weight excluding hydrogens is 415 g/mol. The third-order valence-corrected chi connectivity index (χ3v) is 5.27.